The van der Waals surface area contributed by atoms with Crippen molar-refractivity contribution in [3.05, 3.63) is 94.8 Å². The van der Waals surface area contributed by atoms with E-state index in [1.54, 1.807) is 42.5 Å². The number of methoxy groups -OCH3 is 1. The van der Waals surface area contributed by atoms with Gasteiger partial charge in [-0.1, -0.05) is 26.0 Å². The van der Waals surface area contributed by atoms with Gasteiger partial charge in [0.1, 0.15) is 23.1 Å². The minimum Gasteiger partial charge on any atom is -0.507 e. The zero-order chi connectivity index (χ0) is 26.0. The summed E-state index contributed by atoms with van der Waals surface area (Å²) in [6, 6.07) is 16.4. The summed E-state index contributed by atoms with van der Waals surface area (Å²) in [4.78, 5) is 27.8. The van der Waals surface area contributed by atoms with Crippen LogP contribution in [0.4, 0.5) is 10.1 Å². The molecular formula is C29H28FNO5. The number of Topliss-reactive ketones (excluding diaryl/α,β-unsaturated/α-hetero) is 1. The molecule has 1 heterocycles. The van der Waals surface area contributed by atoms with E-state index in [0.29, 0.717) is 40.8 Å². The number of anilines is 1. The SMILES string of the molecule is COc1cccc(C2/C(=C(/O)c3ccc(OCC(C)C)c(C)c3)C(=O)C(=O)N2c2ccc(F)cc2)c1. The number of carbonyl (C=O) groups excluding carboxylic acids is 2. The number of hydrogen-bond donors (Lipinski definition) is 1. The molecule has 7 heteroatoms. The molecule has 1 saturated heterocycles. The topological polar surface area (TPSA) is 76.1 Å². The number of aliphatic hydroxyl groups is 1. The number of halogens is 1. The van der Waals surface area contributed by atoms with Crippen molar-refractivity contribution in [1.29, 1.82) is 0 Å². The summed E-state index contributed by atoms with van der Waals surface area (Å²) < 4.78 is 24.8. The Labute approximate surface area is 209 Å². The molecule has 6 nitrogen and oxygen atoms in total. The molecule has 1 aliphatic rings. The fourth-order valence-electron chi connectivity index (χ4n) is 4.20. The van der Waals surface area contributed by atoms with Gasteiger partial charge in [0.05, 0.1) is 25.3 Å². The molecule has 0 saturated carbocycles. The zero-order valence-corrected chi connectivity index (χ0v) is 20.6. The lowest BCUT2D eigenvalue weighted by atomic mass is 9.94. The molecule has 1 aliphatic heterocycles. The predicted molar refractivity (Wildman–Crippen MR) is 136 cm³/mol. The Hall–Kier alpha value is -4.13. The summed E-state index contributed by atoms with van der Waals surface area (Å²) in [7, 11) is 1.52. The number of ketones is 1. The molecule has 0 spiro atoms. The van der Waals surface area contributed by atoms with E-state index < -0.39 is 23.5 Å². The van der Waals surface area contributed by atoms with Crippen molar-refractivity contribution in [1.82, 2.24) is 0 Å². The minimum atomic E-state index is -0.942. The molecule has 186 valence electrons. The number of hydrogen-bond acceptors (Lipinski definition) is 5. The molecule has 0 radical (unpaired) electrons. The van der Waals surface area contributed by atoms with Crippen LogP contribution in [0.2, 0.25) is 0 Å². The Balaban J connectivity index is 1.86. The summed E-state index contributed by atoms with van der Waals surface area (Å²) in [5.74, 6) is -0.862. The van der Waals surface area contributed by atoms with Gasteiger partial charge in [0.15, 0.2) is 0 Å². The van der Waals surface area contributed by atoms with Crippen LogP contribution in [0.5, 0.6) is 11.5 Å². The van der Waals surface area contributed by atoms with Crippen molar-refractivity contribution in [3.8, 4) is 11.5 Å². The third-order valence-corrected chi connectivity index (χ3v) is 5.98. The second-order valence-electron chi connectivity index (χ2n) is 9.11. The average Bonchev–Trinajstić information content (AvgIpc) is 3.13. The van der Waals surface area contributed by atoms with Crippen LogP contribution in [0, 0.1) is 18.7 Å². The zero-order valence-electron chi connectivity index (χ0n) is 20.6. The van der Waals surface area contributed by atoms with Crippen molar-refractivity contribution in [2.45, 2.75) is 26.8 Å². The smallest absolute Gasteiger partial charge is 0.300 e. The van der Waals surface area contributed by atoms with Crippen LogP contribution in [-0.2, 0) is 9.59 Å². The van der Waals surface area contributed by atoms with Crippen LogP contribution < -0.4 is 14.4 Å². The molecule has 1 unspecified atom stereocenters. The molecule has 1 amide bonds. The van der Waals surface area contributed by atoms with Crippen LogP contribution in [-0.4, -0.2) is 30.5 Å². The van der Waals surface area contributed by atoms with Crippen LogP contribution in [0.1, 0.15) is 36.6 Å². The quantitative estimate of drug-likeness (QED) is 0.258. The first-order valence-corrected chi connectivity index (χ1v) is 11.7. The van der Waals surface area contributed by atoms with Gasteiger partial charge < -0.3 is 14.6 Å². The van der Waals surface area contributed by atoms with Gasteiger partial charge in [-0.2, -0.15) is 0 Å². The first kappa shape index (κ1) is 25.0. The summed E-state index contributed by atoms with van der Waals surface area (Å²) in [6.07, 6.45) is 0. The van der Waals surface area contributed by atoms with Gasteiger partial charge in [-0.25, -0.2) is 4.39 Å². The highest BCUT2D eigenvalue weighted by atomic mass is 19.1. The molecule has 0 aromatic heterocycles. The van der Waals surface area contributed by atoms with Crippen LogP contribution >= 0.6 is 0 Å². The van der Waals surface area contributed by atoms with E-state index in [9.17, 15) is 19.1 Å². The fourth-order valence-corrected chi connectivity index (χ4v) is 4.20. The van der Waals surface area contributed by atoms with Crippen molar-refractivity contribution >= 4 is 23.1 Å². The van der Waals surface area contributed by atoms with Crippen LogP contribution in [0.15, 0.2) is 72.3 Å². The fraction of sp³-hybridized carbons (Fsp3) is 0.241. The highest BCUT2D eigenvalue weighted by Crippen LogP contribution is 2.43. The largest absolute Gasteiger partial charge is 0.507 e. The third kappa shape index (κ3) is 4.82. The van der Waals surface area contributed by atoms with E-state index in [2.05, 4.69) is 0 Å². The molecule has 3 aromatic rings. The number of ether oxygens (including phenoxy) is 2. The summed E-state index contributed by atoms with van der Waals surface area (Å²) >= 11 is 0. The van der Waals surface area contributed by atoms with E-state index >= 15 is 0 Å². The van der Waals surface area contributed by atoms with Gasteiger partial charge in [-0.05, 0) is 78.6 Å². The Bertz CT molecular complexity index is 1330. The van der Waals surface area contributed by atoms with E-state index in [4.69, 9.17) is 9.47 Å². The highest BCUT2D eigenvalue weighted by Gasteiger charge is 2.47. The Morgan fingerprint density at radius 1 is 1.06 bits per heavy atom. The second kappa shape index (κ2) is 10.2. The average molecular weight is 490 g/mol. The van der Waals surface area contributed by atoms with Gasteiger partial charge in [0, 0.05) is 11.3 Å². The number of aliphatic hydroxyl groups excluding tert-OH is 1. The number of amides is 1. The second-order valence-corrected chi connectivity index (χ2v) is 9.11. The molecule has 36 heavy (non-hydrogen) atoms. The van der Waals surface area contributed by atoms with E-state index in [1.807, 2.05) is 20.8 Å². The highest BCUT2D eigenvalue weighted by molar-refractivity contribution is 6.51. The normalized spacial score (nSPS) is 17.1. The van der Waals surface area contributed by atoms with Crippen LogP contribution in [0.3, 0.4) is 0 Å². The Morgan fingerprint density at radius 3 is 2.42 bits per heavy atom. The molecule has 1 N–H and O–H groups in total. The van der Waals surface area contributed by atoms with Crippen molar-refractivity contribution in [2.75, 3.05) is 18.6 Å². The first-order valence-electron chi connectivity index (χ1n) is 11.7. The molecular weight excluding hydrogens is 461 g/mol. The van der Waals surface area contributed by atoms with Gasteiger partial charge >= 0.3 is 0 Å². The van der Waals surface area contributed by atoms with Gasteiger partial charge in [0.25, 0.3) is 11.7 Å². The lowest BCUT2D eigenvalue weighted by Gasteiger charge is -2.25. The minimum absolute atomic E-state index is 0.0622. The molecule has 0 bridgehead atoms. The standard InChI is InChI=1S/C29H28FNO5/c1-17(2)16-36-24-13-8-20(14-18(24)3)27(32)25-26(19-6-5-7-23(15-19)35-4)31(29(34)28(25)33)22-11-9-21(30)10-12-22/h5-15,17,26,32H,16H2,1-4H3/b27-25-. The molecule has 4 rings (SSSR count). The number of aryl methyl sites for hydroxylation is 1. The van der Waals surface area contributed by atoms with Crippen LogP contribution in [0.25, 0.3) is 5.76 Å². The summed E-state index contributed by atoms with van der Waals surface area (Å²) in [6.45, 7) is 6.50. The molecule has 1 fully saturated rings. The maximum absolute atomic E-state index is 13.6. The lowest BCUT2D eigenvalue weighted by Crippen LogP contribution is -2.29. The van der Waals surface area contributed by atoms with Crippen molar-refractivity contribution in [3.63, 3.8) is 0 Å². The summed E-state index contributed by atoms with van der Waals surface area (Å²) in [5.41, 5.74) is 2.00. The molecule has 1 atom stereocenters. The lowest BCUT2D eigenvalue weighted by molar-refractivity contribution is -0.132. The molecule has 3 aromatic carbocycles. The number of rotatable bonds is 7. The van der Waals surface area contributed by atoms with Gasteiger partial charge in [-0.15, -0.1) is 0 Å². The maximum atomic E-state index is 13.6. The number of carbonyl (C=O) groups is 2. The predicted octanol–water partition coefficient (Wildman–Crippen LogP) is 5.80. The Kier molecular flexibility index (Phi) is 7.10. The van der Waals surface area contributed by atoms with Gasteiger partial charge in [0.2, 0.25) is 0 Å². The number of benzene rings is 3. The molecule has 0 aliphatic carbocycles. The number of nitrogens with zero attached hydrogens (tertiary/aromatic N) is 1. The first-order chi connectivity index (χ1) is 17.2. The Morgan fingerprint density at radius 2 is 1.78 bits per heavy atom. The van der Waals surface area contributed by atoms with Gasteiger partial charge in [-0.3, -0.25) is 14.5 Å². The third-order valence-electron chi connectivity index (χ3n) is 5.98. The van der Waals surface area contributed by atoms with Crippen molar-refractivity contribution < 1.29 is 28.6 Å². The maximum Gasteiger partial charge on any atom is 0.300 e. The summed E-state index contributed by atoms with van der Waals surface area (Å²) in [5, 5.41) is 11.4. The van der Waals surface area contributed by atoms with E-state index in [-0.39, 0.29) is 11.3 Å². The monoisotopic (exact) mass is 489 g/mol. The van der Waals surface area contributed by atoms with Crippen molar-refractivity contribution in [2.24, 2.45) is 5.92 Å². The van der Waals surface area contributed by atoms with E-state index in [1.165, 1.54) is 36.3 Å². The van der Waals surface area contributed by atoms with E-state index in [0.717, 1.165) is 5.56 Å².